The lowest BCUT2D eigenvalue weighted by molar-refractivity contribution is 0.209. The first kappa shape index (κ1) is 33.8. The lowest BCUT2D eigenvalue weighted by Crippen LogP contribution is -2.36. The van der Waals surface area contributed by atoms with E-state index in [1.807, 2.05) is 7.05 Å². The van der Waals surface area contributed by atoms with Gasteiger partial charge in [-0.1, -0.05) is 70.9 Å². The van der Waals surface area contributed by atoms with Gasteiger partial charge in [0, 0.05) is 18.9 Å². The summed E-state index contributed by atoms with van der Waals surface area (Å²) in [7, 11) is 1.86. The number of piperidine rings is 1. The van der Waals surface area contributed by atoms with Gasteiger partial charge in [-0.15, -0.1) is 0 Å². The lowest BCUT2D eigenvalue weighted by Gasteiger charge is -2.37. The van der Waals surface area contributed by atoms with Gasteiger partial charge in [-0.25, -0.2) is 4.99 Å². The Balaban J connectivity index is 0.000000416. The average molecular weight is 571 g/mol. The first-order chi connectivity index (χ1) is 20.3. The van der Waals surface area contributed by atoms with E-state index in [0.717, 1.165) is 41.7 Å². The maximum Gasteiger partial charge on any atom is 0.137 e. The number of rotatable bonds is 10. The van der Waals surface area contributed by atoms with Gasteiger partial charge < -0.3 is 9.80 Å². The second-order valence-electron chi connectivity index (χ2n) is 12.3. The second kappa shape index (κ2) is 16.8. The third-order valence-corrected chi connectivity index (χ3v) is 9.53. The number of hydrogen-bond donors (Lipinski definition) is 0. The maximum atomic E-state index is 5.03. The summed E-state index contributed by atoms with van der Waals surface area (Å²) in [4.78, 5) is 14.5. The summed E-state index contributed by atoms with van der Waals surface area (Å²) < 4.78 is 0. The van der Waals surface area contributed by atoms with Crippen molar-refractivity contribution in [1.29, 1.82) is 0 Å². The molecule has 1 saturated carbocycles. The van der Waals surface area contributed by atoms with E-state index in [9.17, 15) is 0 Å². The Morgan fingerprint density at radius 2 is 1.83 bits per heavy atom. The normalized spacial score (nSPS) is 21.1. The Kier molecular flexibility index (Phi) is 13.5. The van der Waals surface area contributed by atoms with Gasteiger partial charge in [-0.2, -0.15) is 0 Å². The van der Waals surface area contributed by atoms with E-state index < -0.39 is 0 Å². The third kappa shape index (κ3) is 8.89. The van der Waals surface area contributed by atoms with Gasteiger partial charge in [0.05, 0.1) is 11.4 Å². The molecule has 4 rings (SSSR count). The Morgan fingerprint density at radius 1 is 1.12 bits per heavy atom. The molecule has 1 aliphatic carbocycles. The van der Waals surface area contributed by atoms with Crippen LogP contribution in [0.4, 0.5) is 0 Å². The number of allylic oxidation sites excluding steroid dienone is 9. The second-order valence-corrected chi connectivity index (χ2v) is 12.3. The van der Waals surface area contributed by atoms with Crippen molar-refractivity contribution in [1.82, 2.24) is 9.80 Å². The summed E-state index contributed by atoms with van der Waals surface area (Å²) in [6.45, 7) is 23.3. The van der Waals surface area contributed by atoms with Crippen molar-refractivity contribution in [2.24, 2.45) is 21.8 Å². The highest BCUT2D eigenvalue weighted by Gasteiger charge is 2.29. The largest absolute Gasteiger partial charge is 0.304 e. The zero-order chi connectivity index (χ0) is 30.6. The highest BCUT2D eigenvalue weighted by molar-refractivity contribution is 6.12. The smallest absolute Gasteiger partial charge is 0.137 e. The molecule has 230 valence electrons. The van der Waals surface area contributed by atoms with Crippen LogP contribution in [0, 0.1) is 11.8 Å². The van der Waals surface area contributed by atoms with Crippen molar-refractivity contribution in [3.05, 3.63) is 82.4 Å². The number of fused-ring (bicyclic) bond motifs is 1. The molecular weight excluding hydrogens is 512 g/mol. The van der Waals surface area contributed by atoms with E-state index in [1.54, 1.807) is 5.57 Å². The molecule has 0 radical (unpaired) electrons. The molecule has 0 amide bonds. The highest BCUT2D eigenvalue weighted by Crippen LogP contribution is 2.37. The summed E-state index contributed by atoms with van der Waals surface area (Å²) in [5.74, 6) is 2.44. The molecule has 1 saturated heterocycles. The SMILES string of the molecule is C=C(CC)/C(C)=C/C(=NC)C1=CC(=C2CCC2)N2C=C(C3CCN(CC)CC3)C=CC2=N1.CCC/C=C(/C)C(C)CC. The fourth-order valence-corrected chi connectivity index (χ4v) is 5.72. The van der Waals surface area contributed by atoms with Crippen molar-refractivity contribution in [3.8, 4) is 0 Å². The van der Waals surface area contributed by atoms with Gasteiger partial charge in [0.1, 0.15) is 5.84 Å². The molecule has 4 aliphatic rings. The number of amidine groups is 1. The van der Waals surface area contributed by atoms with E-state index in [1.165, 1.54) is 86.9 Å². The van der Waals surface area contributed by atoms with Crippen molar-refractivity contribution >= 4 is 11.5 Å². The van der Waals surface area contributed by atoms with Gasteiger partial charge in [-0.05, 0) is 132 Å². The first-order valence-electron chi connectivity index (χ1n) is 16.7. The van der Waals surface area contributed by atoms with Crippen LogP contribution in [0.3, 0.4) is 0 Å². The van der Waals surface area contributed by atoms with E-state index in [4.69, 9.17) is 4.99 Å². The van der Waals surface area contributed by atoms with Crippen molar-refractivity contribution in [2.75, 3.05) is 26.7 Å². The predicted octanol–water partition coefficient (Wildman–Crippen LogP) is 9.97. The fraction of sp³-hybridized carbons (Fsp3) is 0.579. The van der Waals surface area contributed by atoms with Crippen LogP contribution >= 0.6 is 0 Å². The Hall–Kier alpha value is -2.72. The van der Waals surface area contributed by atoms with E-state index in [2.05, 4.69) is 106 Å². The van der Waals surface area contributed by atoms with Crippen molar-refractivity contribution in [2.45, 2.75) is 106 Å². The molecule has 0 aromatic rings. The van der Waals surface area contributed by atoms with Crippen LogP contribution in [0.2, 0.25) is 0 Å². The molecule has 0 spiro atoms. The Bertz CT molecular complexity index is 1190. The molecule has 0 N–H and O–H groups in total. The molecule has 3 heterocycles. The van der Waals surface area contributed by atoms with Gasteiger partial charge in [0.2, 0.25) is 0 Å². The number of unbranched alkanes of at least 4 members (excludes halogenated alkanes) is 1. The Morgan fingerprint density at radius 3 is 2.38 bits per heavy atom. The summed E-state index contributed by atoms with van der Waals surface area (Å²) >= 11 is 0. The summed E-state index contributed by atoms with van der Waals surface area (Å²) in [6, 6.07) is 0. The molecule has 4 heteroatoms. The molecular formula is C38H58N4. The van der Waals surface area contributed by atoms with Crippen LogP contribution in [-0.4, -0.2) is 48.0 Å². The highest BCUT2D eigenvalue weighted by atomic mass is 15.2. The average Bonchev–Trinajstić information content (AvgIpc) is 3.00. The van der Waals surface area contributed by atoms with Crippen LogP contribution in [0.1, 0.15) is 106 Å². The zero-order valence-electron chi connectivity index (χ0n) is 28.1. The standard InChI is InChI=1S/C28H38N4.C10H20/c1-6-20(3)21(4)17-25(29-5)26-18-27(23-9-8-10-23)32-19-24(11-12-28(32)30-26)22-13-15-31(7-2)16-14-22;1-5-7-8-10(4)9(3)6-2/h11-12,17-19,22H,3,6-10,13-16H2,1-2,4-5H3;8-9H,5-7H2,1-4H3/b21-17+,29-25?;10-8-. The summed E-state index contributed by atoms with van der Waals surface area (Å²) in [5.41, 5.74) is 10.1. The summed E-state index contributed by atoms with van der Waals surface area (Å²) in [5, 5.41) is 0. The van der Waals surface area contributed by atoms with Gasteiger partial charge in [-0.3, -0.25) is 4.99 Å². The molecule has 1 atom stereocenters. The third-order valence-electron chi connectivity index (χ3n) is 9.53. The first-order valence-corrected chi connectivity index (χ1v) is 16.7. The maximum absolute atomic E-state index is 5.03. The number of hydrogen-bond acceptors (Lipinski definition) is 4. The molecule has 42 heavy (non-hydrogen) atoms. The van der Waals surface area contributed by atoms with Gasteiger partial charge >= 0.3 is 0 Å². The molecule has 3 aliphatic heterocycles. The van der Waals surface area contributed by atoms with Crippen LogP contribution in [0.15, 0.2) is 92.4 Å². The minimum absolute atomic E-state index is 0.645. The fourth-order valence-electron chi connectivity index (χ4n) is 5.72. The van der Waals surface area contributed by atoms with Gasteiger partial charge in [0.15, 0.2) is 0 Å². The van der Waals surface area contributed by atoms with E-state index in [-0.39, 0.29) is 0 Å². The van der Waals surface area contributed by atoms with E-state index in [0.29, 0.717) is 5.92 Å². The molecule has 0 aromatic heterocycles. The minimum atomic E-state index is 0.645. The molecule has 0 aromatic carbocycles. The predicted molar refractivity (Wildman–Crippen MR) is 185 cm³/mol. The monoisotopic (exact) mass is 570 g/mol. The van der Waals surface area contributed by atoms with Crippen LogP contribution in [0.5, 0.6) is 0 Å². The van der Waals surface area contributed by atoms with Crippen LogP contribution < -0.4 is 0 Å². The van der Waals surface area contributed by atoms with Gasteiger partial charge in [0.25, 0.3) is 0 Å². The molecule has 4 nitrogen and oxygen atoms in total. The van der Waals surface area contributed by atoms with E-state index >= 15 is 0 Å². The minimum Gasteiger partial charge on any atom is -0.304 e. The summed E-state index contributed by atoms with van der Waals surface area (Å²) in [6.07, 6.45) is 24.5. The topological polar surface area (TPSA) is 31.2 Å². The van der Waals surface area contributed by atoms with Crippen molar-refractivity contribution in [3.63, 3.8) is 0 Å². The molecule has 2 fully saturated rings. The molecule has 0 bridgehead atoms. The van der Waals surface area contributed by atoms with Crippen LogP contribution in [-0.2, 0) is 0 Å². The molecule has 1 unspecified atom stereocenters. The number of nitrogens with zero attached hydrogens (tertiary/aromatic N) is 4. The van der Waals surface area contributed by atoms with Crippen molar-refractivity contribution < 1.29 is 0 Å². The zero-order valence-corrected chi connectivity index (χ0v) is 28.1. The lowest BCUT2D eigenvalue weighted by atomic mass is 9.86. The number of aliphatic imine (C=N–C) groups is 2. The Labute approximate surface area is 258 Å². The van der Waals surface area contributed by atoms with Crippen LogP contribution in [0.25, 0.3) is 0 Å². The quantitative estimate of drug-likeness (QED) is 0.149. The number of likely N-dealkylation sites (tertiary alicyclic amines) is 1.